The number of nitrogens with one attached hydrogen (secondary N) is 1. The number of para-hydroxylation sites is 1. The lowest BCUT2D eigenvalue weighted by Crippen LogP contribution is -2.31. The van der Waals surface area contributed by atoms with Crippen molar-refractivity contribution in [2.45, 2.75) is 25.8 Å². The van der Waals surface area contributed by atoms with Crippen LogP contribution in [0.1, 0.15) is 33.1 Å². The normalized spacial score (nSPS) is 11.7. The quantitative estimate of drug-likeness (QED) is 0.383. The summed E-state index contributed by atoms with van der Waals surface area (Å²) >= 11 is 0. The summed E-state index contributed by atoms with van der Waals surface area (Å²) < 4.78 is 56.3. The van der Waals surface area contributed by atoms with Gasteiger partial charge in [0.15, 0.2) is 17.2 Å². The number of ether oxygens (including phenoxy) is 2. The Bertz CT molecular complexity index is 1180. The van der Waals surface area contributed by atoms with Crippen molar-refractivity contribution < 1.29 is 31.9 Å². The number of hydrogen-bond donors (Lipinski definition) is 1. The number of likely N-dealkylation sites (N-methyl/N-ethyl adjacent to an activating group) is 1. The third kappa shape index (κ3) is 7.96. The van der Waals surface area contributed by atoms with E-state index >= 15 is 0 Å². The lowest BCUT2D eigenvalue weighted by atomic mass is 10.1. The van der Waals surface area contributed by atoms with Crippen LogP contribution in [-0.4, -0.2) is 62.1 Å². The van der Waals surface area contributed by atoms with Crippen LogP contribution in [0.4, 0.5) is 13.2 Å². The Labute approximate surface area is 214 Å². The van der Waals surface area contributed by atoms with Gasteiger partial charge in [-0.3, -0.25) is 9.69 Å². The molecule has 0 aliphatic heterocycles. The standard InChI is InChI=1S/C26H31F3N4O4/c1-32(2)12-11-30-25(34)21-17-37-23(31-21)16-33(14-18-7-5-9-20(13-18)26(27,28)29)15-19-8-6-10-22(35-3)24(19)36-4/h5-10,13,17H,11-12,14-16H2,1-4H3,(H,30,34). The summed E-state index contributed by atoms with van der Waals surface area (Å²) in [6, 6.07) is 10.6. The minimum atomic E-state index is -4.45. The lowest BCUT2D eigenvalue weighted by molar-refractivity contribution is -0.137. The van der Waals surface area contributed by atoms with Crippen LogP contribution in [-0.2, 0) is 25.8 Å². The molecule has 0 saturated heterocycles. The van der Waals surface area contributed by atoms with Crippen LogP contribution in [0.2, 0.25) is 0 Å². The molecular formula is C26H31F3N4O4. The van der Waals surface area contributed by atoms with E-state index in [0.29, 0.717) is 36.7 Å². The minimum Gasteiger partial charge on any atom is -0.493 e. The van der Waals surface area contributed by atoms with Crippen molar-refractivity contribution in [3.05, 3.63) is 77.0 Å². The molecule has 11 heteroatoms. The highest BCUT2D eigenvalue weighted by Crippen LogP contribution is 2.33. The second-order valence-corrected chi connectivity index (χ2v) is 8.68. The van der Waals surface area contributed by atoms with Gasteiger partial charge < -0.3 is 24.1 Å². The van der Waals surface area contributed by atoms with E-state index in [1.807, 2.05) is 30.0 Å². The summed E-state index contributed by atoms with van der Waals surface area (Å²) in [6.45, 7) is 1.72. The molecule has 3 aromatic rings. The Hall–Kier alpha value is -3.57. The van der Waals surface area contributed by atoms with E-state index in [4.69, 9.17) is 13.9 Å². The van der Waals surface area contributed by atoms with Crippen molar-refractivity contribution in [2.24, 2.45) is 0 Å². The minimum absolute atomic E-state index is 0.131. The molecule has 0 spiro atoms. The van der Waals surface area contributed by atoms with Crippen LogP contribution in [0.3, 0.4) is 0 Å². The number of halogens is 3. The first-order valence-electron chi connectivity index (χ1n) is 11.6. The first-order chi connectivity index (χ1) is 17.6. The van der Waals surface area contributed by atoms with Crippen molar-refractivity contribution in [1.82, 2.24) is 20.1 Å². The summed E-state index contributed by atoms with van der Waals surface area (Å²) in [4.78, 5) is 20.5. The highest BCUT2D eigenvalue weighted by Gasteiger charge is 2.30. The molecule has 8 nitrogen and oxygen atoms in total. The summed E-state index contributed by atoms with van der Waals surface area (Å²) in [6.07, 6.45) is -3.18. The first-order valence-corrected chi connectivity index (χ1v) is 11.6. The number of hydrogen-bond acceptors (Lipinski definition) is 7. The van der Waals surface area contributed by atoms with Crippen molar-refractivity contribution in [2.75, 3.05) is 41.4 Å². The number of carbonyl (C=O) groups excluding carboxylic acids is 1. The molecule has 0 atom stereocenters. The lowest BCUT2D eigenvalue weighted by Gasteiger charge is -2.23. The average molecular weight is 521 g/mol. The molecule has 1 amide bonds. The fourth-order valence-electron chi connectivity index (χ4n) is 3.75. The molecule has 0 bridgehead atoms. The molecule has 1 N–H and O–H groups in total. The predicted octanol–water partition coefficient (Wildman–Crippen LogP) is 4.20. The third-order valence-corrected chi connectivity index (χ3v) is 5.53. The van der Waals surface area contributed by atoms with Gasteiger partial charge in [-0.2, -0.15) is 13.2 Å². The van der Waals surface area contributed by atoms with Gasteiger partial charge in [0.1, 0.15) is 6.26 Å². The molecule has 0 aliphatic carbocycles. The van der Waals surface area contributed by atoms with Gasteiger partial charge in [-0.25, -0.2) is 4.98 Å². The first kappa shape index (κ1) is 28.0. The Morgan fingerprint density at radius 3 is 2.49 bits per heavy atom. The Morgan fingerprint density at radius 2 is 1.81 bits per heavy atom. The van der Waals surface area contributed by atoms with Gasteiger partial charge in [-0.05, 0) is 31.8 Å². The van der Waals surface area contributed by atoms with E-state index in [2.05, 4.69) is 10.3 Å². The molecule has 200 valence electrons. The number of nitrogens with zero attached hydrogens (tertiary/aromatic N) is 3. The van der Waals surface area contributed by atoms with Crippen molar-refractivity contribution in [3.63, 3.8) is 0 Å². The fraction of sp³-hybridized carbons (Fsp3) is 0.385. The Kier molecular flexibility index (Phi) is 9.54. The second-order valence-electron chi connectivity index (χ2n) is 8.68. The summed E-state index contributed by atoms with van der Waals surface area (Å²) in [5, 5.41) is 2.77. The molecule has 0 aliphatic rings. The Balaban J connectivity index is 1.84. The number of aromatic nitrogens is 1. The zero-order valence-corrected chi connectivity index (χ0v) is 21.3. The van der Waals surface area contributed by atoms with Gasteiger partial charge in [-0.1, -0.05) is 30.3 Å². The predicted molar refractivity (Wildman–Crippen MR) is 131 cm³/mol. The second kappa shape index (κ2) is 12.6. The highest BCUT2D eigenvalue weighted by atomic mass is 19.4. The van der Waals surface area contributed by atoms with Gasteiger partial charge in [0.25, 0.3) is 5.91 Å². The molecule has 0 unspecified atom stereocenters. The van der Waals surface area contributed by atoms with E-state index in [1.54, 1.807) is 18.2 Å². The molecule has 1 aromatic heterocycles. The molecule has 2 aromatic carbocycles. The maximum Gasteiger partial charge on any atom is 0.416 e. The number of methoxy groups -OCH3 is 2. The van der Waals surface area contributed by atoms with Gasteiger partial charge >= 0.3 is 6.18 Å². The Morgan fingerprint density at radius 1 is 1.05 bits per heavy atom. The number of rotatable bonds is 12. The number of carbonyl (C=O) groups is 1. The molecule has 0 saturated carbocycles. The van der Waals surface area contributed by atoms with Gasteiger partial charge in [-0.15, -0.1) is 0 Å². The average Bonchev–Trinajstić information content (AvgIpc) is 3.31. The van der Waals surface area contributed by atoms with E-state index in [1.165, 1.54) is 26.5 Å². The maximum absolute atomic E-state index is 13.3. The van der Waals surface area contributed by atoms with Crippen LogP contribution >= 0.6 is 0 Å². The molecule has 3 rings (SSSR count). The van der Waals surface area contributed by atoms with Crippen LogP contribution in [0.5, 0.6) is 11.5 Å². The molecule has 0 radical (unpaired) electrons. The topological polar surface area (TPSA) is 80.1 Å². The summed E-state index contributed by atoms with van der Waals surface area (Å²) in [7, 11) is 6.85. The van der Waals surface area contributed by atoms with Crippen LogP contribution in [0.15, 0.2) is 53.1 Å². The molecule has 37 heavy (non-hydrogen) atoms. The summed E-state index contributed by atoms with van der Waals surface area (Å²) in [5.41, 5.74) is 0.635. The number of alkyl halides is 3. The number of benzene rings is 2. The van der Waals surface area contributed by atoms with Crippen LogP contribution in [0.25, 0.3) is 0 Å². The van der Waals surface area contributed by atoms with Crippen molar-refractivity contribution in [3.8, 4) is 11.5 Å². The number of oxazole rings is 1. The fourth-order valence-corrected chi connectivity index (χ4v) is 3.75. The monoisotopic (exact) mass is 520 g/mol. The third-order valence-electron chi connectivity index (χ3n) is 5.53. The van der Waals surface area contributed by atoms with E-state index in [-0.39, 0.29) is 30.6 Å². The zero-order chi connectivity index (χ0) is 27.0. The SMILES string of the molecule is COc1cccc(CN(Cc2cccc(C(F)(F)F)c2)Cc2nc(C(=O)NCCN(C)C)co2)c1OC. The molecule has 0 fully saturated rings. The van der Waals surface area contributed by atoms with Crippen LogP contribution in [0, 0.1) is 0 Å². The summed E-state index contributed by atoms with van der Waals surface area (Å²) in [5.74, 6) is 0.946. The maximum atomic E-state index is 13.3. The smallest absolute Gasteiger partial charge is 0.416 e. The largest absolute Gasteiger partial charge is 0.493 e. The van der Waals surface area contributed by atoms with Crippen molar-refractivity contribution >= 4 is 5.91 Å². The molecular weight excluding hydrogens is 489 g/mol. The highest BCUT2D eigenvalue weighted by molar-refractivity contribution is 5.91. The number of amides is 1. The zero-order valence-electron chi connectivity index (χ0n) is 21.3. The van der Waals surface area contributed by atoms with E-state index < -0.39 is 11.7 Å². The van der Waals surface area contributed by atoms with Gasteiger partial charge in [0.2, 0.25) is 5.89 Å². The van der Waals surface area contributed by atoms with Gasteiger partial charge in [0, 0.05) is 31.7 Å². The van der Waals surface area contributed by atoms with E-state index in [9.17, 15) is 18.0 Å². The van der Waals surface area contributed by atoms with Crippen LogP contribution < -0.4 is 14.8 Å². The molecule has 1 heterocycles. The van der Waals surface area contributed by atoms with E-state index in [0.717, 1.165) is 17.7 Å². The van der Waals surface area contributed by atoms with Crippen molar-refractivity contribution in [1.29, 1.82) is 0 Å². The van der Waals surface area contributed by atoms with Gasteiger partial charge in [0.05, 0.1) is 26.3 Å².